The Hall–Kier alpha value is -1.24. The van der Waals surface area contributed by atoms with E-state index in [-0.39, 0.29) is 0 Å². The minimum Gasteiger partial charge on any atom is -0.377 e. The van der Waals surface area contributed by atoms with Crippen molar-refractivity contribution < 1.29 is 18.4 Å². The lowest BCUT2D eigenvalue weighted by Gasteiger charge is -2.25. The van der Waals surface area contributed by atoms with Gasteiger partial charge >= 0.3 is 8.80 Å². The van der Waals surface area contributed by atoms with E-state index in [9.17, 15) is 0 Å². The van der Waals surface area contributed by atoms with Gasteiger partial charge in [-0.2, -0.15) is 0 Å². The summed E-state index contributed by atoms with van der Waals surface area (Å²) in [7, 11) is 0.253. The highest BCUT2D eigenvalue weighted by Gasteiger charge is 2.39. The Bertz CT molecular complexity index is 534. The van der Waals surface area contributed by atoms with Crippen LogP contribution in [0.5, 0.6) is 0 Å². The Morgan fingerprint density at radius 2 is 1.68 bits per heavy atom. The highest BCUT2D eigenvalue weighted by molar-refractivity contribution is 6.60. The summed E-state index contributed by atoms with van der Waals surface area (Å²) in [5.74, 6) is 0. The Morgan fingerprint density at radius 1 is 1.00 bits per heavy atom. The molecule has 19 heavy (non-hydrogen) atoms. The summed E-state index contributed by atoms with van der Waals surface area (Å²) >= 11 is 0. The lowest BCUT2D eigenvalue weighted by atomic mass is 10.1. The van der Waals surface area contributed by atoms with Crippen molar-refractivity contribution in [2.24, 2.45) is 0 Å². The third-order valence-electron chi connectivity index (χ3n) is 3.19. The fourth-order valence-corrected chi connectivity index (χ4v) is 3.94. The number of hydrogen-bond acceptors (Lipinski definition) is 4. The number of hydrogen-bond donors (Lipinski definition) is 1. The second-order valence-corrected chi connectivity index (χ2v) is 7.00. The van der Waals surface area contributed by atoms with Crippen LogP contribution in [0.2, 0.25) is 0 Å². The van der Waals surface area contributed by atoms with E-state index in [0.717, 1.165) is 10.9 Å². The van der Waals surface area contributed by atoms with E-state index in [0.29, 0.717) is 6.04 Å². The first-order valence-electron chi connectivity index (χ1n) is 6.06. The summed E-state index contributed by atoms with van der Waals surface area (Å²) in [4.78, 5) is 0. The van der Waals surface area contributed by atoms with E-state index in [1.165, 1.54) is 5.39 Å². The fourth-order valence-electron chi connectivity index (χ4n) is 2.17. The van der Waals surface area contributed by atoms with Gasteiger partial charge in [0.05, 0.1) is 0 Å². The minimum atomic E-state index is -2.85. The monoisotopic (exact) mass is 278 g/mol. The Labute approximate surface area is 113 Å². The molecule has 102 valence electrons. The quantitative estimate of drug-likeness (QED) is 0.649. The zero-order valence-corrected chi connectivity index (χ0v) is 12.1. The SMILES string of the molecule is CO[Si](Cc1cccc2ccccc12)(OC)OCO. The van der Waals surface area contributed by atoms with Crippen LogP contribution in [-0.4, -0.2) is 34.9 Å². The third-order valence-corrected chi connectivity index (χ3v) is 5.82. The van der Waals surface area contributed by atoms with Crippen LogP contribution in [0, 0.1) is 0 Å². The fraction of sp³-hybridized carbons (Fsp3) is 0.286. The molecule has 0 aliphatic heterocycles. The topological polar surface area (TPSA) is 47.9 Å². The second-order valence-electron chi connectivity index (χ2n) is 4.18. The normalized spacial score (nSPS) is 11.9. The van der Waals surface area contributed by atoms with E-state index in [4.69, 9.17) is 18.4 Å². The molecule has 4 nitrogen and oxygen atoms in total. The molecule has 0 unspecified atom stereocenters. The van der Waals surface area contributed by atoms with Crippen LogP contribution < -0.4 is 0 Å². The molecule has 0 aliphatic rings. The summed E-state index contributed by atoms with van der Waals surface area (Å²) in [5, 5.41) is 11.3. The zero-order chi connectivity index (χ0) is 13.7. The summed E-state index contributed by atoms with van der Waals surface area (Å²) in [6.45, 7) is -0.404. The Morgan fingerprint density at radius 3 is 2.37 bits per heavy atom. The van der Waals surface area contributed by atoms with E-state index in [1.54, 1.807) is 14.2 Å². The average Bonchev–Trinajstić information content (AvgIpc) is 2.47. The molecule has 0 aromatic heterocycles. The number of aliphatic hydroxyl groups is 1. The van der Waals surface area contributed by atoms with Crippen LogP contribution in [-0.2, 0) is 19.3 Å². The van der Waals surface area contributed by atoms with E-state index < -0.39 is 15.6 Å². The Kier molecular flexibility index (Phi) is 4.68. The molecule has 0 spiro atoms. The molecular weight excluding hydrogens is 260 g/mol. The largest absolute Gasteiger partial charge is 0.506 e. The van der Waals surface area contributed by atoms with Crippen LogP contribution in [0.25, 0.3) is 10.8 Å². The van der Waals surface area contributed by atoms with Gasteiger partial charge in [0.1, 0.15) is 6.79 Å². The first-order valence-corrected chi connectivity index (χ1v) is 7.99. The van der Waals surface area contributed by atoms with Crippen LogP contribution in [0.3, 0.4) is 0 Å². The molecule has 5 heteroatoms. The van der Waals surface area contributed by atoms with Crippen LogP contribution in [0.15, 0.2) is 42.5 Å². The van der Waals surface area contributed by atoms with Gasteiger partial charge in [-0.05, 0) is 16.3 Å². The highest BCUT2D eigenvalue weighted by atomic mass is 28.4. The van der Waals surface area contributed by atoms with Crippen molar-refractivity contribution in [2.45, 2.75) is 6.04 Å². The van der Waals surface area contributed by atoms with Crippen LogP contribution in [0.1, 0.15) is 5.56 Å². The van der Waals surface area contributed by atoms with Crippen LogP contribution in [0.4, 0.5) is 0 Å². The predicted octanol–water partition coefficient (Wildman–Crippen LogP) is 2.12. The lowest BCUT2D eigenvalue weighted by Crippen LogP contribution is -2.47. The molecule has 0 heterocycles. The lowest BCUT2D eigenvalue weighted by molar-refractivity contribution is 0.0144. The first kappa shape index (κ1) is 14.2. The maximum Gasteiger partial charge on any atom is 0.506 e. The third kappa shape index (κ3) is 3.02. The number of benzene rings is 2. The van der Waals surface area contributed by atoms with Crippen molar-refractivity contribution in [3.63, 3.8) is 0 Å². The molecular formula is C14H18O4Si. The van der Waals surface area contributed by atoms with Gasteiger partial charge in [-0.1, -0.05) is 42.5 Å². The van der Waals surface area contributed by atoms with Crippen molar-refractivity contribution in [1.29, 1.82) is 0 Å². The van der Waals surface area contributed by atoms with E-state index in [1.807, 2.05) is 24.3 Å². The predicted molar refractivity (Wildman–Crippen MR) is 75.6 cm³/mol. The van der Waals surface area contributed by atoms with Gasteiger partial charge < -0.3 is 18.4 Å². The molecule has 0 atom stereocenters. The number of aliphatic hydroxyl groups excluding tert-OH is 1. The van der Waals surface area contributed by atoms with Crippen molar-refractivity contribution in [3.05, 3.63) is 48.0 Å². The van der Waals surface area contributed by atoms with Gasteiger partial charge in [0.15, 0.2) is 0 Å². The second kappa shape index (κ2) is 6.27. The summed E-state index contributed by atoms with van der Waals surface area (Å²) in [6.07, 6.45) is 0. The van der Waals surface area contributed by atoms with Gasteiger partial charge in [0, 0.05) is 20.3 Å². The van der Waals surface area contributed by atoms with Crippen LogP contribution >= 0.6 is 0 Å². The summed E-state index contributed by atoms with van der Waals surface area (Å²) < 4.78 is 16.2. The first-order chi connectivity index (χ1) is 9.24. The molecule has 0 aliphatic carbocycles. The highest BCUT2D eigenvalue weighted by Crippen LogP contribution is 2.23. The van der Waals surface area contributed by atoms with Crippen molar-refractivity contribution >= 4 is 19.6 Å². The van der Waals surface area contributed by atoms with E-state index >= 15 is 0 Å². The van der Waals surface area contributed by atoms with Crippen molar-refractivity contribution in [2.75, 3.05) is 21.0 Å². The molecule has 0 radical (unpaired) electrons. The maximum absolute atomic E-state index is 9.01. The smallest absolute Gasteiger partial charge is 0.377 e. The molecule has 0 fully saturated rings. The van der Waals surface area contributed by atoms with Gasteiger partial charge in [-0.3, -0.25) is 0 Å². The molecule has 1 N–H and O–H groups in total. The Balaban J connectivity index is 2.39. The number of fused-ring (bicyclic) bond motifs is 1. The van der Waals surface area contributed by atoms with Gasteiger partial charge in [-0.15, -0.1) is 0 Å². The molecule has 2 aromatic carbocycles. The van der Waals surface area contributed by atoms with Gasteiger partial charge in [-0.25, -0.2) is 0 Å². The van der Waals surface area contributed by atoms with Crippen molar-refractivity contribution in [3.8, 4) is 0 Å². The standard InChI is InChI=1S/C14H18O4Si/c1-16-19(17-2,18-11-15)10-13-8-5-7-12-6-3-4-9-14(12)13/h3-9,15H,10-11H2,1-2H3. The molecule has 0 amide bonds. The maximum atomic E-state index is 9.01. The molecule has 0 saturated heterocycles. The average molecular weight is 278 g/mol. The minimum absolute atomic E-state index is 0.404. The zero-order valence-electron chi connectivity index (χ0n) is 11.1. The molecule has 2 rings (SSSR count). The molecule has 0 saturated carbocycles. The number of rotatable bonds is 6. The molecule has 0 bridgehead atoms. The molecule has 2 aromatic rings. The summed E-state index contributed by atoms with van der Waals surface area (Å²) in [6, 6.07) is 14.8. The van der Waals surface area contributed by atoms with Crippen molar-refractivity contribution in [1.82, 2.24) is 0 Å². The van der Waals surface area contributed by atoms with Gasteiger partial charge in [0.25, 0.3) is 0 Å². The van der Waals surface area contributed by atoms with Gasteiger partial charge in [0.2, 0.25) is 0 Å². The van der Waals surface area contributed by atoms with E-state index in [2.05, 4.69) is 18.2 Å². The summed E-state index contributed by atoms with van der Waals surface area (Å²) in [5.41, 5.74) is 1.10.